The van der Waals surface area contributed by atoms with Gasteiger partial charge in [-0.3, -0.25) is 14.3 Å². The number of carbonyl (C=O) groups is 2. The highest BCUT2D eigenvalue weighted by Crippen LogP contribution is 2.53. The van der Waals surface area contributed by atoms with Crippen LogP contribution in [0.1, 0.15) is 13.3 Å². The maximum absolute atomic E-state index is 12.6. The lowest BCUT2D eigenvalue weighted by atomic mass is 9.70. The van der Waals surface area contributed by atoms with Crippen LogP contribution in [0.25, 0.3) is 0 Å². The van der Waals surface area contributed by atoms with Gasteiger partial charge in [0.25, 0.3) is 0 Å². The number of fused-ring (bicyclic) bond motifs is 1. The first-order chi connectivity index (χ1) is 9.29. The molecule has 0 aromatic carbocycles. The number of carbonyl (C=O) groups excluding carboxylic acids is 1. The van der Waals surface area contributed by atoms with E-state index in [4.69, 9.17) is 0 Å². The number of nitrogens with zero attached hydrogens (tertiary/aromatic N) is 3. The summed E-state index contributed by atoms with van der Waals surface area (Å²) in [5, 5.41) is 15.8. The molecule has 1 aliphatic heterocycles. The summed E-state index contributed by atoms with van der Waals surface area (Å²) >= 11 is 0. The second-order valence-electron chi connectivity index (χ2n) is 5.51. The molecule has 9 heteroatoms. The van der Waals surface area contributed by atoms with E-state index in [0.717, 1.165) is 0 Å². The molecule has 0 bridgehead atoms. The highest BCUT2D eigenvalue weighted by Gasteiger charge is 2.71. The number of hydrogen-bond acceptors (Lipinski definition) is 6. The van der Waals surface area contributed by atoms with Crippen LogP contribution in [0.3, 0.4) is 0 Å². The molecule has 20 heavy (non-hydrogen) atoms. The van der Waals surface area contributed by atoms with Crippen LogP contribution in [-0.2, 0) is 26.0 Å². The van der Waals surface area contributed by atoms with Crippen LogP contribution in [0.2, 0.25) is 0 Å². The van der Waals surface area contributed by atoms with Crippen LogP contribution in [0.4, 0.5) is 0 Å². The van der Waals surface area contributed by atoms with Crippen LogP contribution in [0.5, 0.6) is 0 Å². The molecule has 0 radical (unpaired) electrons. The predicted molar refractivity (Wildman–Crippen MR) is 65.4 cm³/mol. The first kappa shape index (κ1) is 13.2. The first-order valence-corrected chi connectivity index (χ1v) is 7.67. The number of rotatable bonds is 3. The van der Waals surface area contributed by atoms with Crippen molar-refractivity contribution in [2.45, 2.75) is 29.9 Å². The monoisotopic (exact) mass is 299 g/mol. The molecule has 0 spiro atoms. The number of sulfone groups is 1. The molecule has 2 unspecified atom stereocenters. The van der Waals surface area contributed by atoms with Crippen molar-refractivity contribution in [1.82, 2.24) is 15.0 Å². The van der Waals surface area contributed by atoms with Gasteiger partial charge < -0.3 is 5.11 Å². The molecular weight excluding hydrogens is 286 g/mol. The van der Waals surface area contributed by atoms with Crippen LogP contribution in [0.15, 0.2) is 12.4 Å². The Morgan fingerprint density at radius 1 is 1.60 bits per heavy atom. The van der Waals surface area contributed by atoms with Crippen molar-refractivity contribution in [3.63, 3.8) is 0 Å². The van der Waals surface area contributed by atoms with Gasteiger partial charge in [0.15, 0.2) is 9.84 Å². The Balaban J connectivity index is 2.10. The van der Waals surface area contributed by atoms with Gasteiger partial charge in [-0.1, -0.05) is 5.21 Å². The minimum Gasteiger partial charge on any atom is -0.481 e. The fraction of sp³-hybridized carbons (Fsp3) is 0.636. The number of Topliss-reactive ketones (excluding diaryl/α,β-unsaturated/α-hetero) is 1. The lowest BCUT2D eigenvalue weighted by Crippen LogP contribution is -2.46. The zero-order chi connectivity index (χ0) is 14.7. The fourth-order valence-electron chi connectivity index (χ4n) is 3.36. The molecule has 1 aliphatic carbocycles. The summed E-state index contributed by atoms with van der Waals surface area (Å²) in [7, 11) is -3.72. The molecule has 1 saturated carbocycles. The van der Waals surface area contributed by atoms with Gasteiger partial charge in [0.2, 0.25) is 0 Å². The minimum atomic E-state index is -3.72. The molecule has 2 heterocycles. The van der Waals surface area contributed by atoms with E-state index in [1.807, 2.05) is 0 Å². The van der Waals surface area contributed by atoms with E-state index in [1.165, 1.54) is 24.0 Å². The van der Waals surface area contributed by atoms with E-state index in [1.54, 1.807) is 0 Å². The molecule has 1 aromatic heterocycles. The Hall–Kier alpha value is -1.77. The van der Waals surface area contributed by atoms with Gasteiger partial charge in [-0.2, -0.15) is 0 Å². The number of carboxylic acids is 1. The van der Waals surface area contributed by atoms with E-state index in [0.29, 0.717) is 0 Å². The number of aliphatic carboxylic acids is 1. The maximum atomic E-state index is 12.6. The normalized spacial score (nSPS) is 38.2. The predicted octanol–water partition coefficient (Wildman–Crippen LogP) is -0.876. The summed E-state index contributed by atoms with van der Waals surface area (Å²) < 4.78 is 24.9. The fourth-order valence-corrected chi connectivity index (χ4v) is 6.04. The van der Waals surface area contributed by atoms with Crippen molar-refractivity contribution in [3.05, 3.63) is 12.4 Å². The zero-order valence-corrected chi connectivity index (χ0v) is 11.4. The minimum absolute atomic E-state index is 0.0796. The Morgan fingerprint density at radius 2 is 2.30 bits per heavy atom. The molecule has 3 rings (SSSR count). The topological polar surface area (TPSA) is 119 Å². The van der Waals surface area contributed by atoms with Crippen molar-refractivity contribution in [2.24, 2.45) is 11.8 Å². The summed E-state index contributed by atoms with van der Waals surface area (Å²) in [6, 6.07) is 0. The highest BCUT2D eigenvalue weighted by molar-refractivity contribution is 7.94. The quantitative estimate of drug-likeness (QED) is 0.769. The average Bonchev–Trinajstić information content (AvgIpc) is 2.87. The summed E-state index contributed by atoms with van der Waals surface area (Å²) in [5.74, 6) is -3.70. The van der Waals surface area contributed by atoms with Gasteiger partial charge in [-0.05, 0) is 6.92 Å². The van der Waals surface area contributed by atoms with E-state index in [9.17, 15) is 23.1 Å². The van der Waals surface area contributed by atoms with Crippen molar-refractivity contribution in [3.8, 4) is 0 Å². The molecule has 0 amide bonds. The summed E-state index contributed by atoms with van der Waals surface area (Å²) in [4.78, 5) is 23.1. The third kappa shape index (κ3) is 1.43. The standard InChI is InChI=1S/C11H13N3O5S/c1-11(5-14-3-2-12-13-14)9(10(16)17)8-6(15)4-7(8)20(11,18)19/h2-3,7-9H,4-5H2,1H3,(H,16,17)/t7?,8?,9-,11-/m0/s1. The van der Waals surface area contributed by atoms with Crippen molar-refractivity contribution >= 4 is 21.6 Å². The molecule has 2 fully saturated rings. The summed E-state index contributed by atoms with van der Waals surface area (Å²) in [6.45, 7) is 1.26. The molecule has 4 atom stereocenters. The van der Waals surface area contributed by atoms with E-state index in [-0.39, 0.29) is 18.7 Å². The van der Waals surface area contributed by atoms with Gasteiger partial charge in [-0.25, -0.2) is 8.42 Å². The van der Waals surface area contributed by atoms with E-state index >= 15 is 0 Å². The van der Waals surface area contributed by atoms with Gasteiger partial charge in [-0.15, -0.1) is 5.10 Å². The van der Waals surface area contributed by atoms with Gasteiger partial charge in [0.05, 0.1) is 23.9 Å². The number of carboxylic acid groups (broad SMARTS) is 1. The SMILES string of the molecule is C[C@]1(Cn2ccnn2)[C@H](C(=O)O)C2C(=O)CC2S1(=O)=O. The van der Waals surface area contributed by atoms with Crippen LogP contribution in [0, 0.1) is 11.8 Å². The van der Waals surface area contributed by atoms with Gasteiger partial charge >= 0.3 is 5.97 Å². The van der Waals surface area contributed by atoms with Crippen LogP contribution >= 0.6 is 0 Å². The van der Waals surface area contributed by atoms with E-state index in [2.05, 4.69) is 10.3 Å². The number of aromatic nitrogens is 3. The van der Waals surface area contributed by atoms with Crippen molar-refractivity contribution in [2.75, 3.05) is 0 Å². The van der Waals surface area contributed by atoms with Crippen LogP contribution in [-0.4, -0.2) is 50.3 Å². The smallest absolute Gasteiger partial charge is 0.308 e. The molecule has 1 saturated heterocycles. The highest BCUT2D eigenvalue weighted by atomic mass is 32.2. The largest absolute Gasteiger partial charge is 0.481 e. The molecule has 2 aliphatic rings. The zero-order valence-electron chi connectivity index (χ0n) is 10.6. The third-order valence-electron chi connectivity index (χ3n) is 4.45. The third-order valence-corrected chi connectivity index (χ3v) is 7.39. The molecule has 1 N–H and O–H groups in total. The lowest BCUT2D eigenvalue weighted by Gasteiger charge is -2.29. The van der Waals surface area contributed by atoms with Gasteiger partial charge in [0, 0.05) is 18.5 Å². The Labute approximate surface area is 114 Å². The first-order valence-electron chi connectivity index (χ1n) is 6.12. The lowest BCUT2D eigenvalue weighted by molar-refractivity contribution is -0.150. The molecular formula is C11H13N3O5S. The van der Waals surface area contributed by atoms with Gasteiger partial charge in [0.1, 0.15) is 10.5 Å². The Bertz CT molecular complexity index is 683. The summed E-state index contributed by atoms with van der Waals surface area (Å²) in [6.07, 6.45) is 2.78. The molecule has 1 aromatic rings. The van der Waals surface area contributed by atoms with Crippen molar-refractivity contribution < 1.29 is 23.1 Å². The Kier molecular flexibility index (Phi) is 2.56. The average molecular weight is 299 g/mol. The van der Waals surface area contributed by atoms with E-state index < -0.39 is 37.6 Å². The number of hydrogen-bond donors (Lipinski definition) is 1. The molecule has 8 nitrogen and oxygen atoms in total. The number of ketones is 1. The maximum Gasteiger partial charge on any atom is 0.308 e. The summed E-state index contributed by atoms with van der Waals surface area (Å²) in [5.41, 5.74) is 0. The van der Waals surface area contributed by atoms with Crippen molar-refractivity contribution in [1.29, 1.82) is 0 Å². The second kappa shape index (κ2) is 3.87. The second-order valence-corrected chi connectivity index (χ2v) is 8.14. The molecule has 108 valence electrons. The Morgan fingerprint density at radius 3 is 2.80 bits per heavy atom. The van der Waals surface area contributed by atoms with Crippen LogP contribution < -0.4 is 0 Å².